The number of carbonyl (C=O) groups is 1. The van der Waals surface area contributed by atoms with Crippen LogP contribution in [0.5, 0.6) is 0 Å². The first-order chi connectivity index (χ1) is 10.2. The molecule has 3 heterocycles. The molecule has 116 valence electrons. The highest BCUT2D eigenvalue weighted by atomic mass is 32.1. The Morgan fingerprint density at radius 2 is 2.19 bits per heavy atom. The molecular formula is C16H25N3OS. The number of hydrogen-bond donors (Lipinski definition) is 1. The van der Waals surface area contributed by atoms with Crippen molar-refractivity contribution in [2.24, 2.45) is 5.41 Å². The van der Waals surface area contributed by atoms with Crippen LogP contribution in [-0.2, 0) is 11.3 Å². The Labute approximate surface area is 131 Å². The number of piperazine rings is 1. The fraction of sp³-hybridized carbons (Fsp3) is 0.688. The Morgan fingerprint density at radius 3 is 2.81 bits per heavy atom. The molecule has 3 rings (SSSR count). The van der Waals surface area contributed by atoms with E-state index in [9.17, 15) is 4.79 Å². The van der Waals surface area contributed by atoms with E-state index in [1.165, 1.54) is 4.88 Å². The molecule has 21 heavy (non-hydrogen) atoms. The quantitative estimate of drug-likeness (QED) is 0.925. The van der Waals surface area contributed by atoms with Crippen molar-refractivity contribution < 1.29 is 4.79 Å². The molecule has 2 aliphatic rings. The number of thiophene rings is 1. The van der Waals surface area contributed by atoms with Crippen LogP contribution >= 0.6 is 11.3 Å². The van der Waals surface area contributed by atoms with Gasteiger partial charge in [-0.05, 0) is 37.8 Å². The lowest BCUT2D eigenvalue weighted by atomic mass is 9.81. The first-order valence-electron chi connectivity index (χ1n) is 7.92. The molecule has 1 aromatic heterocycles. The summed E-state index contributed by atoms with van der Waals surface area (Å²) in [5, 5.41) is 5.51. The molecule has 0 bridgehead atoms. The molecule has 0 radical (unpaired) electrons. The van der Waals surface area contributed by atoms with Crippen LogP contribution in [0.2, 0.25) is 0 Å². The summed E-state index contributed by atoms with van der Waals surface area (Å²) in [6, 6.07) is 4.30. The van der Waals surface area contributed by atoms with Crippen LogP contribution < -0.4 is 5.32 Å². The van der Waals surface area contributed by atoms with Gasteiger partial charge in [-0.25, -0.2) is 0 Å². The molecule has 2 aliphatic heterocycles. The molecule has 1 N–H and O–H groups in total. The van der Waals surface area contributed by atoms with Crippen molar-refractivity contribution in [1.29, 1.82) is 0 Å². The van der Waals surface area contributed by atoms with E-state index in [2.05, 4.69) is 39.6 Å². The van der Waals surface area contributed by atoms with E-state index in [0.29, 0.717) is 5.91 Å². The number of nitrogens with one attached hydrogen (secondary N) is 1. The highest BCUT2D eigenvalue weighted by molar-refractivity contribution is 7.09. The lowest BCUT2D eigenvalue weighted by Crippen LogP contribution is -2.55. The molecule has 1 unspecified atom stereocenters. The van der Waals surface area contributed by atoms with E-state index in [-0.39, 0.29) is 5.41 Å². The third kappa shape index (κ3) is 3.47. The van der Waals surface area contributed by atoms with Gasteiger partial charge in [-0.1, -0.05) is 6.07 Å². The lowest BCUT2D eigenvalue weighted by molar-refractivity contribution is -0.144. The van der Waals surface area contributed by atoms with Crippen molar-refractivity contribution in [2.75, 3.05) is 39.3 Å². The highest BCUT2D eigenvalue weighted by Crippen LogP contribution is 2.28. The standard InChI is InChI=1S/C16H25N3OS/c1-16(5-3-6-17-13-16)15(20)19-9-7-18(8-10-19)12-14-4-2-11-21-14/h2,4,11,17H,3,5-10,12-13H2,1H3. The van der Waals surface area contributed by atoms with Crippen LogP contribution in [0.25, 0.3) is 0 Å². The van der Waals surface area contributed by atoms with Crippen molar-refractivity contribution in [1.82, 2.24) is 15.1 Å². The van der Waals surface area contributed by atoms with E-state index in [0.717, 1.165) is 58.7 Å². The van der Waals surface area contributed by atoms with Gasteiger partial charge in [-0.3, -0.25) is 9.69 Å². The van der Waals surface area contributed by atoms with Gasteiger partial charge in [0.25, 0.3) is 0 Å². The van der Waals surface area contributed by atoms with Crippen LogP contribution in [0.4, 0.5) is 0 Å². The van der Waals surface area contributed by atoms with Crippen molar-refractivity contribution >= 4 is 17.2 Å². The largest absolute Gasteiger partial charge is 0.340 e. The number of rotatable bonds is 3. The number of nitrogens with zero attached hydrogens (tertiary/aromatic N) is 2. The van der Waals surface area contributed by atoms with Gasteiger partial charge in [0, 0.05) is 44.1 Å². The zero-order valence-corrected chi connectivity index (χ0v) is 13.6. The van der Waals surface area contributed by atoms with Gasteiger partial charge >= 0.3 is 0 Å². The maximum atomic E-state index is 12.8. The van der Waals surface area contributed by atoms with E-state index in [1.54, 1.807) is 0 Å². The minimum atomic E-state index is -0.186. The molecule has 1 aromatic rings. The minimum absolute atomic E-state index is 0.186. The zero-order valence-electron chi connectivity index (χ0n) is 12.8. The minimum Gasteiger partial charge on any atom is -0.340 e. The predicted octanol–water partition coefficient (Wildman–Crippen LogP) is 1.78. The van der Waals surface area contributed by atoms with E-state index >= 15 is 0 Å². The first-order valence-corrected chi connectivity index (χ1v) is 8.80. The van der Waals surface area contributed by atoms with Gasteiger partial charge in [0.15, 0.2) is 0 Å². The van der Waals surface area contributed by atoms with E-state index in [1.807, 2.05) is 11.3 Å². The molecule has 1 atom stereocenters. The summed E-state index contributed by atoms with van der Waals surface area (Å²) in [5.41, 5.74) is -0.186. The van der Waals surface area contributed by atoms with Gasteiger partial charge < -0.3 is 10.2 Å². The van der Waals surface area contributed by atoms with Crippen molar-refractivity contribution in [3.05, 3.63) is 22.4 Å². The third-order valence-corrected chi connectivity index (χ3v) is 5.59. The molecular weight excluding hydrogens is 282 g/mol. The van der Waals surface area contributed by atoms with Gasteiger partial charge in [0.05, 0.1) is 5.41 Å². The molecule has 0 aliphatic carbocycles. The predicted molar refractivity (Wildman–Crippen MR) is 86.4 cm³/mol. The van der Waals surface area contributed by atoms with Gasteiger partial charge in [-0.2, -0.15) is 0 Å². The van der Waals surface area contributed by atoms with Gasteiger partial charge in [0.2, 0.25) is 5.91 Å². The summed E-state index contributed by atoms with van der Waals surface area (Å²) < 4.78 is 0. The summed E-state index contributed by atoms with van der Waals surface area (Å²) in [4.78, 5) is 18.7. The number of hydrogen-bond acceptors (Lipinski definition) is 4. The monoisotopic (exact) mass is 307 g/mol. The van der Waals surface area contributed by atoms with Crippen LogP contribution in [0, 0.1) is 5.41 Å². The topological polar surface area (TPSA) is 35.6 Å². The molecule has 0 saturated carbocycles. The summed E-state index contributed by atoms with van der Waals surface area (Å²) in [7, 11) is 0. The first kappa shape index (κ1) is 15.0. The van der Waals surface area contributed by atoms with Crippen LogP contribution in [0.3, 0.4) is 0 Å². The van der Waals surface area contributed by atoms with E-state index < -0.39 is 0 Å². The van der Waals surface area contributed by atoms with Crippen LogP contribution in [-0.4, -0.2) is 55.0 Å². The third-order valence-electron chi connectivity index (χ3n) is 4.73. The Balaban J connectivity index is 1.52. The van der Waals surface area contributed by atoms with Crippen molar-refractivity contribution in [3.63, 3.8) is 0 Å². The van der Waals surface area contributed by atoms with Gasteiger partial charge in [-0.15, -0.1) is 11.3 Å². The Hall–Kier alpha value is -0.910. The molecule has 0 spiro atoms. The lowest BCUT2D eigenvalue weighted by Gasteiger charge is -2.41. The Morgan fingerprint density at radius 1 is 1.38 bits per heavy atom. The molecule has 1 amide bonds. The maximum absolute atomic E-state index is 12.8. The number of piperidine rings is 1. The summed E-state index contributed by atoms with van der Waals surface area (Å²) >= 11 is 1.82. The number of carbonyl (C=O) groups excluding carboxylic acids is 1. The average molecular weight is 307 g/mol. The smallest absolute Gasteiger partial charge is 0.229 e. The second-order valence-electron chi connectivity index (χ2n) is 6.49. The molecule has 2 fully saturated rings. The molecule has 4 nitrogen and oxygen atoms in total. The summed E-state index contributed by atoms with van der Waals surface area (Å²) in [6.07, 6.45) is 2.13. The SMILES string of the molecule is CC1(C(=O)N2CCN(Cc3cccs3)CC2)CCCNC1. The fourth-order valence-electron chi connectivity index (χ4n) is 3.35. The fourth-order valence-corrected chi connectivity index (χ4v) is 4.10. The van der Waals surface area contributed by atoms with E-state index in [4.69, 9.17) is 0 Å². The van der Waals surface area contributed by atoms with Crippen molar-refractivity contribution in [3.8, 4) is 0 Å². The van der Waals surface area contributed by atoms with Crippen LogP contribution in [0.15, 0.2) is 17.5 Å². The summed E-state index contributed by atoms with van der Waals surface area (Å²) in [5.74, 6) is 0.352. The van der Waals surface area contributed by atoms with Crippen molar-refractivity contribution in [2.45, 2.75) is 26.3 Å². The second kappa shape index (κ2) is 6.46. The molecule has 2 saturated heterocycles. The highest BCUT2D eigenvalue weighted by Gasteiger charge is 2.38. The second-order valence-corrected chi connectivity index (χ2v) is 7.52. The normalized spacial score (nSPS) is 27.8. The Kier molecular flexibility index (Phi) is 4.62. The summed E-state index contributed by atoms with van der Waals surface area (Å²) in [6.45, 7) is 8.77. The average Bonchev–Trinajstić information content (AvgIpc) is 3.01. The maximum Gasteiger partial charge on any atom is 0.229 e. The zero-order chi connectivity index (χ0) is 14.7. The van der Waals surface area contributed by atoms with Gasteiger partial charge in [0.1, 0.15) is 0 Å². The van der Waals surface area contributed by atoms with Crippen LogP contribution in [0.1, 0.15) is 24.6 Å². The molecule has 0 aromatic carbocycles. The Bertz CT molecular complexity index is 460. The number of amides is 1. The molecule has 5 heteroatoms.